The van der Waals surface area contributed by atoms with E-state index in [0.717, 1.165) is 22.9 Å². The number of aryl methyl sites for hydroxylation is 1. The van der Waals surface area contributed by atoms with Gasteiger partial charge in [-0.05, 0) is 49.3 Å². The van der Waals surface area contributed by atoms with E-state index in [1.54, 1.807) is 13.0 Å². The van der Waals surface area contributed by atoms with Crippen molar-refractivity contribution in [3.05, 3.63) is 32.8 Å². The molecule has 4 nitrogen and oxygen atoms in total. The number of esters is 1. The first-order valence-electron chi connectivity index (χ1n) is 8.08. The molecule has 128 valence electrons. The van der Waals surface area contributed by atoms with Gasteiger partial charge >= 0.3 is 11.9 Å². The van der Waals surface area contributed by atoms with Crippen molar-refractivity contribution in [2.75, 3.05) is 6.61 Å². The summed E-state index contributed by atoms with van der Waals surface area (Å²) in [7, 11) is 0. The number of rotatable bonds is 8. The van der Waals surface area contributed by atoms with Gasteiger partial charge in [-0.25, -0.2) is 9.59 Å². The first-order chi connectivity index (χ1) is 10.8. The standard InChI is InChI=1S/C18H25BrO4/c1-5-12-10-14(18(22)23-6-2)15(17(20)21)13(16(12)19)9-7-8-11(3)4/h10-11H,5-9H2,1-4H3,(H,20,21). The second-order valence-electron chi connectivity index (χ2n) is 5.92. The number of carbonyl (C=O) groups is 2. The Bertz CT molecular complexity index is 579. The molecule has 1 rings (SSSR count). The first-order valence-corrected chi connectivity index (χ1v) is 8.87. The summed E-state index contributed by atoms with van der Waals surface area (Å²) in [5.41, 5.74) is 1.84. The molecule has 0 aliphatic heterocycles. The molecule has 0 bridgehead atoms. The van der Waals surface area contributed by atoms with Crippen LogP contribution in [-0.4, -0.2) is 23.7 Å². The summed E-state index contributed by atoms with van der Waals surface area (Å²) < 4.78 is 5.84. The minimum atomic E-state index is -1.09. The van der Waals surface area contributed by atoms with Crippen LogP contribution in [0.2, 0.25) is 0 Å². The summed E-state index contributed by atoms with van der Waals surface area (Å²) >= 11 is 3.53. The summed E-state index contributed by atoms with van der Waals surface area (Å²) in [6, 6.07) is 1.64. The third-order valence-corrected chi connectivity index (χ3v) is 4.72. The van der Waals surface area contributed by atoms with Crippen molar-refractivity contribution in [3.63, 3.8) is 0 Å². The Labute approximate surface area is 146 Å². The van der Waals surface area contributed by atoms with Gasteiger partial charge in [0.15, 0.2) is 0 Å². The maximum Gasteiger partial charge on any atom is 0.339 e. The van der Waals surface area contributed by atoms with Gasteiger partial charge in [0.25, 0.3) is 0 Å². The van der Waals surface area contributed by atoms with Gasteiger partial charge in [0.05, 0.1) is 17.7 Å². The molecule has 1 N–H and O–H groups in total. The van der Waals surface area contributed by atoms with E-state index in [4.69, 9.17) is 4.74 Å². The molecule has 23 heavy (non-hydrogen) atoms. The molecule has 0 aliphatic rings. The van der Waals surface area contributed by atoms with Gasteiger partial charge in [-0.2, -0.15) is 0 Å². The summed E-state index contributed by atoms with van der Waals surface area (Å²) in [5.74, 6) is -1.10. The van der Waals surface area contributed by atoms with Gasteiger partial charge < -0.3 is 9.84 Å². The predicted octanol–water partition coefficient (Wildman–Crippen LogP) is 4.87. The lowest BCUT2D eigenvalue weighted by molar-refractivity contribution is 0.0514. The SMILES string of the molecule is CCOC(=O)c1cc(CC)c(Br)c(CCCC(C)C)c1C(=O)O. The minimum absolute atomic E-state index is 0.0660. The molecule has 0 heterocycles. The molecule has 0 saturated carbocycles. The maximum absolute atomic E-state index is 12.2. The normalized spacial score (nSPS) is 10.9. The van der Waals surface area contributed by atoms with Crippen molar-refractivity contribution in [2.24, 2.45) is 5.92 Å². The summed E-state index contributed by atoms with van der Waals surface area (Å²) in [6.07, 6.45) is 3.23. The highest BCUT2D eigenvalue weighted by molar-refractivity contribution is 9.10. The zero-order chi connectivity index (χ0) is 17.6. The lowest BCUT2D eigenvalue weighted by atomic mass is 9.92. The number of hydrogen-bond acceptors (Lipinski definition) is 3. The number of carboxylic acid groups (broad SMARTS) is 1. The van der Waals surface area contributed by atoms with Crippen molar-refractivity contribution in [3.8, 4) is 0 Å². The van der Waals surface area contributed by atoms with Gasteiger partial charge in [-0.3, -0.25) is 0 Å². The van der Waals surface area contributed by atoms with Gasteiger partial charge in [0, 0.05) is 4.47 Å². The van der Waals surface area contributed by atoms with Crippen LogP contribution in [0.1, 0.15) is 72.4 Å². The smallest absolute Gasteiger partial charge is 0.339 e. The molecule has 5 heteroatoms. The molecule has 0 saturated heterocycles. The van der Waals surface area contributed by atoms with Crippen LogP contribution in [0.5, 0.6) is 0 Å². The lowest BCUT2D eigenvalue weighted by Crippen LogP contribution is -2.16. The van der Waals surface area contributed by atoms with E-state index in [0.29, 0.717) is 24.3 Å². The lowest BCUT2D eigenvalue weighted by Gasteiger charge is -2.17. The summed E-state index contributed by atoms with van der Waals surface area (Å²) in [5, 5.41) is 9.63. The third-order valence-electron chi connectivity index (χ3n) is 3.73. The van der Waals surface area contributed by atoms with E-state index >= 15 is 0 Å². The van der Waals surface area contributed by atoms with E-state index in [1.165, 1.54) is 0 Å². The van der Waals surface area contributed by atoms with Gasteiger partial charge in [0.2, 0.25) is 0 Å². The highest BCUT2D eigenvalue weighted by Crippen LogP contribution is 2.31. The Balaban J connectivity index is 3.40. The third kappa shape index (κ3) is 5.06. The minimum Gasteiger partial charge on any atom is -0.478 e. The van der Waals surface area contributed by atoms with Crippen LogP contribution in [0.3, 0.4) is 0 Å². The Hall–Kier alpha value is -1.36. The first kappa shape index (κ1) is 19.7. The monoisotopic (exact) mass is 384 g/mol. The van der Waals surface area contributed by atoms with Crippen LogP contribution in [0.25, 0.3) is 0 Å². The molecule has 0 unspecified atom stereocenters. The number of hydrogen-bond donors (Lipinski definition) is 1. The molecule has 0 atom stereocenters. The maximum atomic E-state index is 12.2. The Kier molecular flexibility index (Phi) is 7.76. The number of aromatic carboxylic acids is 1. The van der Waals surface area contributed by atoms with Crippen LogP contribution < -0.4 is 0 Å². The second kappa shape index (κ2) is 9.06. The topological polar surface area (TPSA) is 63.6 Å². The number of carbonyl (C=O) groups excluding carboxylic acids is 1. The van der Waals surface area contributed by atoms with Crippen molar-refractivity contribution in [2.45, 2.75) is 53.4 Å². The highest BCUT2D eigenvalue weighted by Gasteiger charge is 2.25. The zero-order valence-electron chi connectivity index (χ0n) is 14.2. The molecule has 0 radical (unpaired) electrons. The van der Waals surface area contributed by atoms with Crippen molar-refractivity contribution >= 4 is 27.9 Å². The largest absolute Gasteiger partial charge is 0.478 e. The number of benzene rings is 1. The van der Waals surface area contributed by atoms with Gasteiger partial charge in [0.1, 0.15) is 0 Å². The fraction of sp³-hybridized carbons (Fsp3) is 0.556. The predicted molar refractivity (Wildman–Crippen MR) is 94.2 cm³/mol. The van der Waals surface area contributed by atoms with Gasteiger partial charge in [-0.15, -0.1) is 0 Å². The van der Waals surface area contributed by atoms with Crippen molar-refractivity contribution in [1.29, 1.82) is 0 Å². The average Bonchev–Trinajstić information content (AvgIpc) is 2.47. The van der Waals surface area contributed by atoms with Crippen LogP contribution in [0.4, 0.5) is 0 Å². The Morgan fingerprint density at radius 3 is 2.43 bits per heavy atom. The van der Waals surface area contributed by atoms with Crippen LogP contribution in [0, 0.1) is 5.92 Å². The molecule has 0 aliphatic carbocycles. The molecule has 0 aromatic heterocycles. The number of ether oxygens (including phenoxy) is 1. The van der Waals surface area contributed by atoms with Gasteiger partial charge in [-0.1, -0.05) is 43.1 Å². The molecule has 0 amide bonds. The van der Waals surface area contributed by atoms with Crippen molar-refractivity contribution < 1.29 is 19.4 Å². The Morgan fingerprint density at radius 1 is 1.30 bits per heavy atom. The quantitative estimate of drug-likeness (QED) is 0.649. The molecule has 1 aromatic carbocycles. The fourth-order valence-corrected chi connectivity index (χ4v) is 3.36. The molecular weight excluding hydrogens is 360 g/mol. The van der Waals surface area contributed by atoms with Crippen LogP contribution in [-0.2, 0) is 17.6 Å². The molecule has 0 spiro atoms. The van der Waals surface area contributed by atoms with Crippen LogP contribution >= 0.6 is 15.9 Å². The van der Waals surface area contributed by atoms with E-state index in [1.807, 2.05) is 6.92 Å². The summed E-state index contributed by atoms with van der Waals surface area (Å²) in [6.45, 7) is 8.19. The van der Waals surface area contributed by atoms with E-state index in [9.17, 15) is 14.7 Å². The second-order valence-corrected chi connectivity index (χ2v) is 6.71. The number of halogens is 1. The average molecular weight is 385 g/mol. The van der Waals surface area contributed by atoms with E-state index in [-0.39, 0.29) is 17.7 Å². The Morgan fingerprint density at radius 2 is 1.96 bits per heavy atom. The zero-order valence-corrected chi connectivity index (χ0v) is 15.8. The number of carboxylic acids is 1. The summed E-state index contributed by atoms with van der Waals surface area (Å²) in [4.78, 5) is 24.0. The van der Waals surface area contributed by atoms with Crippen molar-refractivity contribution in [1.82, 2.24) is 0 Å². The molecular formula is C18H25BrO4. The fourth-order valence-electron chi connectivity index (χ4n) is 2.57. The highest BCUT2D eigenvalue weighted by atomic mass is 79.9. The molecule has 1 aromatic rings. The molecule has 0 fully saturated rings. The van der Waals surface area contributed by atoms with E-state index in [2.05, 4.69) is 29.8 Å². The van der Waals surface area contributed by atoms with E-state index < -0.39 is 11.9 Å². The van der Waals surface area contributed by atoms with Crippen LogP contribution in [0.15, 0.2) is 10.5 Å².